The molecule has 1 saturated heterocycles. The number of ether oxygens (including phenoxy) is 1. The van der Waals surface area contributed by atoms with Crippen molar-refractivity contribution in [2.45, 2.75) is 19.5 Å². The van der Waals surface area contributed by atoms with Crippen molar-refractivity contribution < 1.29 is 23.1 Å². The van der Waals surface area contributed by atoms with E-state index in [9.17, 15) is 18.4 Å². The van der Waals surface area contributed by atoms with Crippen LogP contribution in [0.4, 0.5) is 8.78 Å². The van der Waals surface area contributed by atoms with Gasteiger partial charge in [-0.1, -0.05) is 18.2 Å². The number of carbonyl (C=O) groups excluding carboxylic acids is 2. The van der Waals surface area contributed by atoms with Crippen LogP contribution in [0.15, 0.2) is 54.6 Å². The van der Waals surface area contributed by atoms with E-state index in [4.69, 9.17) is 0 Å². The number of para-hydroxylation sites is 1. The lowest BCUT2D eigenvalue weighted by Gasteiger charge is -2.22. The van der Waals surface area contributed by atoms with Gasteiger partial charge in [-0.15, -0.1) is 0 Å². The Morgan fingerprint density at radius 3 is 2.62 bits per heavy atom. The number of hydrogen-bond donors (Lipinski definition) is 0. The maximum Gasteiger partial charge on any atom is 0.387 e. The first-order valence-corrected chi connectivity index (χ1v) is 10.4. The van der Waals surface area contributed by atoms with Crippen LogP contribution in [-0.2, 0) is 4.79 Å². The van der Waals surface area contributed by atoms with E-state index < -0.39 is 6.61 Å². The Morgan fingerprint density at radius 1 is 1.19 bits per heavy atom. The van der Waals surface area contributed by atoms with Gasteiger partial charge in [0.1, 0.15) is 5.75 Å². The molecule has 0 N–H and O–H groups in total. The molecule has 2 aromatic carbocycles. The Balaban J connectivity index is 1.61. The summed E-state index contributed by atoms with van der Waals surface area (Å²) in [5.41, 5.74) is 2.38. The molecule has 2 amide bonds. The summed E-state index contributed by atoms with van der Waals surface area (Å²) in [5, 5.41) is 0.725. The summed E-state index contributed by atoms with van der Waals surface area (Å²) in [6.45, 7) is -1.23. The van der Waals surface area contributed by atoms with E-state index in [1.165, 1.54) is 12.1 Å². The molecule has 0 unspecified atom stereocenters. The number of nitrogens with zero attached hydrogens (tertiary/aromatic N) is 3. The van der Waals surface area contributed by atoms with Gasteiger partial charge in [0.25, 0.3) is 5.91 Å². The largest absolute Gasteiger partial charge is 0.435 e. The molecule has 0 saturated carbocycles. The van der Waals surface area contributed by atoms with Crippen molar-refractivity contribution >= 4 is 22.7 Å². The van der Waals surface area contributed by atoms with Crippen LogP contribution in [0, 0.1) is 0 Å². The van der Waals surface area contributed by atoms with Gasteiger partial charge in [-0.05, 0) is 42.8 Å². The van der Waals surface area contributed by atoms with Gasteiger partial charge >= 0.3 is 6.61 Å². The first-order chi connectivity index (χ1) is 15.4. The Bertz CT molecular complexity index is 1140. The van der Waals surface area contributed by atoms with Gasteiger partial charge in [0.15, 0.2) is 0 Å². The highest BCUT2D eigenvalue weighted by molar-refractivity contribution is 6.07. The van der Waals surface area contributed by atoms with E-state index in [1.54, 1.807) is 35.0 Å². The maximum atomic E-state index is 13.3. The molecular weight excluding hydrogens is 416 g/mol. The zero-order valence-electron chi connectivity index (χ0n) is 17.6. The van der Waals surface area contributed by atoms with Gasteiger partial charge in [0.2, 0.25) is 5.91 Å². The van der Waals surface area contributed by atoms with Crippen molar-refractivity contribution in [1.29, 1.82) is 0 Å². The Hall–Kier alpha value is -3.55. The van der Waals surface area contributed by atoms with Gasteiger partial charge in [-0.25, -0.2) is 4.98 Å². The lowest BCUT2D eigenvalue weighted by atomic mass is 10.0. The fourth-order valence-corrected chi connectivity index (χ4v) is 3.83. The molecule has 6 nitrogen and oxygen atoms in total. The summed E-state index contributed by atoms with van der Waals surface area (Å²) in [7, 11) is 1.72. The van der Waals surface area contributed by atoms with Crippen molar-refractivity contribution in [2.24, 2.45) is 0 Å². The van der Waals surface area contributed by atoms with Crippen molar-refractivity contribution in [3.8, 4) is 17.0 Å². The molecule has 0 spiro atoms. The molecule has 166 valence electrons. The molecule has 1 aliphatic rings. The van der Waals surface area contributed by atoms with Gasteiger partial charge in [-0.2, -0.15) is 8.78 Å². The number of benzene rings is 2. The van der Waals surface area contributed by atoms with Crippen LogP contribution in [0.1, 0.15) is 23.2 Å². The number of carbonyl (C=O) groups is 2. The number of likely N-dealkylation sites (N-methyl/N-ethyl adjacent to an activating group) is 1. The van der Waals surface area contributed by atoms with Gasteiger partial charge in [0.05, 0.1) is 16.8 Å². The number of fused-ring (bicyclic) bond motifs is 1. The number of halogens is 2. The van der Waals surface area contributed by atoms with Crippen LogP contribution in [0.25, 0.3) is 22.2 Å². The summed E-state index contributed by atoms with van der Waals surface area (Å²) in [4.78, 5) is 33.2. The molecule has 0 atom stereocenters. The van der Waals surface area contributed by atoms with Crippen LogP contribution in [-0.4, -0.2) is 59.9 Å². The second-order valence-corrected chi connectivity index (χ2v) is 7.69. The van der Waals surface area contributed by atoms with Crippen molar-refractivity contribution in [1.82, 2.24) is 14.8 Å². The van der Waals surface area contributed by atoms with Crippen LogP contribution < -0.4 is 4.74 Å². The number of rotatable bonds is 7. The third-order valence-electron chi connectivity index (χ3n) is 5.55. The zero-order valence-corrected chi connectivity index (χ0v) is 17.6. The minimum Gasteiger partial charge on any atom is -0.435 e. The van der Waals surface area contributed by atoms with Crippen LogP contribution in [0.5, 0.6) is 5.75 Å². The molecule has 4 rings (SSSR count). The highest BCUT2D eigenvalue weighted by Crippen LogP contribution is 2.27. The summed E-state index contributed by atoms with van der Waals surface area (Å²) >= 11 is 0. The van der Waals surface area contributed by atoms with E-state index in [2.05, 4.69) is 9.72 Å². The maximum absolute atomic E-state index is 13.3. The third kappa shape index (κ3) is 4.69. The second kappa shape index (κ2) is 9.30. The van der Waals surface area contributed by atoms with Crippen molar-refractivity contribution in [3.63, 3.8) is 0 Å². The number of aromatic nitrogens is 1. The van der Waals surface area contributed by atoms with Gasteiger partial charge in [0, 0.05) is 44.1 Å². The predicted octanol–water partition coefficient (Wildman–Crippen LogP) is 4.20. The first kappa shape index (κ1) is 21.7. The smallest absolute Gasteiger partial charge is 0.387 e. The minimum absolute atomic E-state index is 0.0528. The average molecular weight is 439 g/mol. The third-order valence-corrected chi connectivity index (χ3v) is 5.55. The normalized spacial score (nSPS) is 13.8. The Kier molecular flexibility index (Phi) is 6.30. The lowest BCUT2D eigenvalue weighted by molar-refractivity contribution is -0.127. The molecule has 3 aromatic rings. The van der Waals surface area contributed by atoms with Crippen LogP contribution in [0.2, 0.25) is 0 Å². The molecule has 1 aromatic heterocycles. The minimum atomic E-state index is -2.89. The lowest BCUT2D eigenvalue weighted by Crippen LogP contribution is -2.37. The monoisotopic (exact) mass is 439 g/mol. The van der Waals surface area contributed by atoms with Crippen LogP contribution in [0.3, 0.4) is 0 Å². The number of pyridine rings is 1. The van der Waals surface area contributed by atoms with E-state index in [0.717, 1.165) is 18.4 Å². The standard InChI is InChI=1S/C24H23F2N3O3/c1-28(13-14-29-12-4-7-22(29)30)23(31)19-15-21(27-20-6-3-2-5-18(19)20)16-8-10-17(11-9-16)32-24(25)26/h2-3,5-6,8-11,15,24H,4,7,12-14H2,1H3. The highest BCUT2D eigenvalue weighted by Gasteiger charge is 2.22. The molecule has 32 heavy (non-hydrogen) atoms. The number of hydrogen-bond acceptors (Lipinski definition) is 4. The summed E-state index contributed by atoms with van der Waals surface area (Å²) in [5.74, 6) is 0.00736. The molecule has 2 heterocycles. The highest BCUT2D eigenvalue weighted by atomic mass is 19.3. The topological polar surface area (TPSA) is 62.7 Å². The molecule has 8 heteroatoms. The fraction of sp³-hybridized carbons (Fsp3) is 0.292. The molecular formula is C24H23F2N3O3. The fourth-order valence-electron chi connectivity index (χ4n) is 3.83. The average Bonchev–Trinajstić information content (AvgIpc) is 3.21. The molecule has 0 bridgehead atoms. The Morgan fingerprint density at radius 2 is 1.94 bits per heavy atom. The zero-order chi connectivity index (χ0) is 22.7. The molecule has 1 aliphatic heterocycles. The molecule has 1 fully saturated rings. The predicted molar refractivity (Wildman–Crippen MR) is 117 cm³/mol. The summed E-state index contributed by atoms with van der Waals surface area (Å²) in [6, 6.07) is 15.2. The number of alkyl halides is 2. The molecule has 0 aliphatic carbocycles. The van der Waals surface area contributed by atoms with E-state index in [0.29, 0.717) is 41.8 Å². The Labute approximate surface area is 184 Å². The van der Waals surface area contributed by atoms with Crippen LogP contribution >= 0.6 is 0 Å². The van der Waals surface area contributed by atoms with Gasteiger partial charge in [-0.3, -0.25) is 9.59 Å². The van der Waals surface area contributed by atoms with E-state index in [-0.39, 0.29) is 17.6 Å². The van der Waals surface area contributed by atoms with Crippen molar-refractivity contribution in [2.75, 3.05) is 26.7 Å². The first-order valence-electron chi connectivity index (χ1n) is 10.4. The van der Waals surface area contributed by atoms with Crippen molar-refractivity contribution in [3.05, 3.63) is 60.2 Å². The summed E-state index contributed by atoms with van der Waals surface area (Å²) in [6.07, 6.45) is 1.42. The SMILES string of the molecule is CN(CCN1CCCC1=O)C(=O)c1cc(-c2ccc(OC(F)F)cc2)nc2ccccc12. The quantitative estimate of drug-likeness (QED) is 0.554. The molecule has 0 radical (unpaired) electrons. The number of likely N-dealkylation sites (tertiary alicyclic amines) is 1. The summed E-state index contributed by atoms with van der Waals surface area (Å²) < 4.78 is 29.2. The second-order valence-electron chi connectivity index (χ2n) is 7.69. The number of amides is 2. The van der Waals surface area contributed by atoms with E-state index in [1.807, 2.05) is 24.3 Å². The van der Waals surface area contributed by atoms with Gasteiger partial charge < -0.3 is 14.5 Å². The van der Waals surface area contributed by atoms with E-state index >= 15 is 0 Å².